The minimum Gasteiger partial charge on any atom is -0.365 e. The van der Waals surface area contributed by atoms with Crippen molar-refractivity contribution in [2.75, 3.05) is 16.8 Å². The molecule has 1 fully saturated rings. The number of likely N-dealkylation sites (N-methyl/N-ethyl adjacent to an activating group) is 1. The van der Waals surface area contributed by atoms with Crippen LogP contribution in [-0.4, -0.2) is 12.6 Å². The maximum absolute atomic E-state index is 3.36. The lowest BCUT2D eigenvalue weighted by atomic mass is 9.93. The molecule has 0 aromatic heterocycles. The molecule has 2 unspecified atom stereocenters. The van der Waals surface area contributed by atoms with Gasteiger partial charge in [0.15, 0.2) is 0 Å². The van der Waals surface area contributed by atoms with Crippen molar-refractivity contribution in [2.24, 2.45) is 5.92 Å². The minimum atomic E-state index is 0.0487. The summed E-state index contributed by atoms with van der Waals surface area (Å²) >= 11 is 0. The van der Waals surface area contributed by atoms with Gasteiger partial charge in [0.1, 0.15) is 0 Å². The van der Waals surface area contributed by atoms with E-state index in [2.05, 4.69) is 218 Å². The number of anilines is 4. The summed E-state index contributed by atoms with van der Waals surface area (Å²) in [5, 5.41) is 2.46. The van der Waals surface area contributed by atoms with E-state index < -0.39 is 0 Å². The third-order valence-corrected chi connectivity index (χ3v) is 10.7. The Balaban J connectivity index is 0.00000129. The molecule has 0 bridgehead atoms. The first-order valence-electron chi connectivity index (χ1n) is 18.5. The van der Waals surface area contributed by atoms with Crippen LogP contribution in [0, 0.1) is 5.92 Å². The van der Waals surface area contributed by atoms with Crippen LogP contribution in [0.5, 0.6) is 0 Å². The number of hydrogen-bond donors (Lipinski definition) is 0. The number of allylic oxidation sites excluding steroid dienone is 3. The van der Waals surface area contributed by atoms with Gasteiger partial charge in [-0.15, -0.1) is 6.58 Å². The highest BCUT2D eigenvalue weighted by molar-refractivity contribution is 5.90. The quantitative estimate of drug-likeness (QED) is 0.147. The maximum Gasteiger partial charge on any atom is 0.0660 e. The van der Waals surface area contributed by atoms with Gasteiger partial charge in [-0.2, -0.15) is 0 Å². The van der Waals surface area contributed by atoms with Gasteiger partial charge in [0.2, 0.25) is 0 Å². The molecule has 0 amide bonds. The Morgan fingerprint density at radius 1 is 0.528 bits per heavy atom. The molecule has 7 aromatic carbocycles. The molecule has 9 rings (SSSR count). The van der Waals surface area contributed by atoms with E-state index in [1.54, 1.807) is 6.08 Å². The van der Waals surface area contributed by atoms with E-state index >= 15 is 0 Å². The molecule has 7 aromatic rings. The first-order chi connectivity index (χ1) is 26.1. The minimum absolute atomic E-state index is 0.0487. The van der Waals surface area contributed by atoms with Crippen LogP contribution >= 0.6 is 0 Å². The summed E-state index contributed by atoms with van der Waals surface area (Å²) in [6, 6.07) is 63.7. The molecule has 53 heavy (non-hydrogen) atoms. The van der Waals surface area contributed by atoms with Gasteiger partial charge < -0.3 is 9.80 Å². The predicted octanol–water partition coefficient (Wildman–Crippen LogP) is 13.7. The summed E-state index contributed by atoms with van der Waals surface area (Å²) in [7, 11) is 2.25. The summed E-state index contributed by atoms with van der Waals surface area (Å²) in [4.78, 5) is 4.84. The predicted molar refractivity (Wildman–Crippen MR) is 228 cm³/mol. The molecule has 2 heteroatoms. The zero-order valence-electron chi connectivity index (χ0n) is 30.4. The third-order valence-electron chi connectivity index (χ3n) is 10.7. The number of nitrogens with zero attached hydrogens (tertiary/aromatic N) is 2. The van der Waals surface area contributed by atoms with Gasteiger partial charge in [-0.1, -0.05) is 152 Å². The average molecular weight is 685 g/mol. The first kappa shape index (κ1) is 33.7. The van der Waals surface area contributed by atoms with Crippen molar-refractivity contribution in [3.63, 3.8) is 0 Å². The lowest BCUT2D eigenvalue weighted by molar-refractivity contribution is 0.726. The van der Waals surface area contributed by atoms with Crippen molar-refractivity contribution in [2.45, 2.75) is 18.9 Å². The van der Waals surface area contributed by atoms with Crippen LogP contribution in [0.3, 0.4) is 0 Å². The number of fused-ring (bicyclic) bond motifs is 2. The number of hydrogen-bond acceptors (Lipinski definition) is 2. The monoisotopic (exact) mass is 684 g/mol. The molecular weight excluding hydrogens is 641 g/mol. The molecule has 1 saturated carbocycles. The van der Waals surface area contributed by atoms with Crippen LogP contribution in [-0.2, 0) is 0 Å². The van der Waals surface area contributed by atoms with E-state index in [1.165, 1.54) is 49.9 Å². The Morgan fingerprint density at radius 2 is 1.06 bits per heavy atom. The van der Waals surface area contributed by atoms with Crippen molar-refractivity contribution in [1.29, 1.82) is 0 Å². The largest absolute Gasteiger partial charge is 0.365 e. The summed E-state index contributed by atoms with van der Waals surface area (Å²) in [5.41, 5.74) is 12.3. The van der Waals surface area contributed by atoms with Crippen LogP contribution in [0.1, 0.15) is 18.9 Å². The Bertz CT molecular complexity index is 2410. The number of rotatable bonds is 8. The van der Waals surface area contributed by atoms with Crippen LogP contribution in [0.2, 0.25) is 0 Å². The fourth-order valence-corrected chi connectivity index (χ4v) is 7.82. The van der Waals surface area contributed by atoms with Crippen molar-refractivity contribution in [1.82, 2.24) is 0 Å². The van der Waals surface area contributed by atoms with E-state index in [0.717, 1.165) is 23.5 Å². The molecule has 2 aliphatic rings. The normalized spacial score (nSPS) is 16.8. The van der Waals surface area contributed by atoms with Gasteiger partial charge in [0, 0.05) is 35.7 Å². The maximum atomic E-state index is 3.36. The van der Waals surface area contributed by atoms with E-state index in [-0.39, 0.29) is 5.54 Å². The smallest absolute Gasteiger partial charge is 0.0660 e. The second kappa shape index (κ2) is 14.7. The highest BCUT2D eigenvalue weighted by atomic mass is 15.2. The van der Waals surface area contributed by atoms with Crippen LogP contribution < -0.4 is 9.80 Å². The van der Waals surface area contributed by atoms with Gasteiger partial charge in [-0.25, -0.2) is 0 Å². The molecule has 2 aliphatic carbocycles. The lowest BCUT2D eigenvalue weighted by Gasteiger charge is -2.31. The Labute approximate surface area is 314 Å². The standard InChI is InChI=1S/C48H38N2.C3H6/c1-49(48-31-11-20-46(47(48)34-48)39-15-6-3-7-16-39)42-26-21-37(22-27-42)38-23-28-43(29-24-38)50(45-30-25-36-14-8-9-17-40(36)33-45)44-19-10-18-41(32-44)35-12-4-2-5-13-35;1-3-2/h2-33,47H,34H2,1H3;3H,1H2,2H3. The Kier molecular flexibility index (Phi) is 9.36. The first-order valence-corrected chi connectivity index (χ1v) is 18.5. The second-order valence-corrected chi connectivity index (χ2v) is 13.9. The van der Waals surface area contributed by atoms with Gasteiger partial charge in [0.05, 0.1) is 5.54 Å². The van der Waals surface area contributed by atoms with E-state index in [4.69, 9.17) is 0 Å². The highest BCUT2D eigenvalue weighted by Gasteiger charge is 2.58. The van der Waals surface area contributed by atoms with Crippen molar-refractivity contribution < 1.29 is 0 Å². The molecule has 0 N–H and O–H groups in total. The molecule has 2 atom stereocenters. The molecule has 0 spiro atoms. The molecule has 0 radical (unpaired) electrons. The second-order valence-electron chi connectivity index (χ2n) is 13.9. The van der Waals surface area contributed by atoms with Crippen LogP contribution in [0.15, 0.2) is 207 Å². The Hall–Kier alpha value is -6.38. The fraction of sp³-hybridized carbons (Fsp3) is 0.0980. The zero-order chi connectivity index (χ0) is 36.2. The third kappa shape index (κ3) is 6.72. The van der Waals surface area contributed by atoms with Gasteiger partial charge in [0.25, 0.3) is 0 Å². The van der Waals surface area contributed by atoms with Crippen molar-refractivity contribution in [3.8, 4) is 22.3 Å². The molecular formula is C51H44N2. The van der Waals surface area contributed by atoms with Crippen LogP contribution in [0.4, 0.5) is 22.7 Å². The SMILES string of the molecule is C=CC.CN(c1ccc(-c2ccc(N(c3cccc(-c4ccccc4)c3)c3ccc4ccccc4c3)cc2)cc1)C12C=CC=C(c3ccccc3)C1C2. The Morgan fingerprint density at radius 3 is 1.74 bits per heavy atom. The molecule has 0 aliphatic heterocycles. The molecule has 258 valence electrons. The van der Waals surface area contributed by atoms with Gasteiger partial charge >= 0.3 is 0 Å². The van der Waals surface area contributed by atoms with Crippen LogP contribution in [0.25, 0.3) is 38.6 Å². The average Bonchev–Trinajstić information content (AvgIpc) is 3.99. The summed E-state index contributed by atoms with van der Waals surface area (Å²) < 4.78 is 0. The van der Waals surface area contributed by atoms with E-state index in [9.17, 15) is 0 Å². The lowest BCUT2D eigenvalue weighted by Crippen LogP contribution is -2.35. The van der Waals surface area contributed by atoms with E-state index in [1.807, 2.05) is 6.92 Å². The van der Waals surface area contributed by atoms with Gasteiger partial charge in [-0.3, -0.25) is 0 Å². The molecule has 2 nitrogen and oxygen atoms in total. The fourth-order valence-electron chi connectivity index (χ4n) is 7.82. The van der Waals surface area contributed by atoms with Gasteiger partial charge in [-0.05, 0) is 106 Å². The molecule has 0 heterocycles. The van der Waals surface area contributed by atoms with Crippen molar-refractivity contribution in [3.05, 3.63) is 212 Å². The number of benzene rings is 7. The summed E-state index contributed by atoms with van der Waals surface area (Å²) in [5.74, 6) is 0.519. The van der Waals surface area contributed by atoms with Crippen molar-refractivity contribution >= 4 is 39.1 Å². The zero-order valence-corrected chi connectivity index (χ0v) is 30.4. The van der Waals surface area contributed by atoms with E-state index in [0.29, 0.717) is 5.92 Å². The summed E-state index contributed by atoms with van der Waals surface area (Å²) in [6.07, 6.45) is 9.84. The summed E-state index contributed by atoms with van der Waals surface area (Å²) in [6.45, 7) is 5.25. The topological polar surface area (TPSA) is 6.48 Å². The molecule has 0 saturated heterocycles. The highest BCUT2D eigenvalue weighted by Crippen LogP contribution is 2.58.